The molecule has 0 aromatic rings. The SMILES string of the molecule is C[C@@H]1OC(=O)[C@@H]2[C@@H]1[C@H](CO)C=C[C@@H]2C. The molecule has 0 unspecified atom stereocenters. The second kappa shape index (κ2) is 3.39. The molecule has 2 aliphatic rings. The van der Waals surface area contributed by atoms with Gasteiger partial charge in [-0.25, -0.2) is 0 Å². The third kappa shape index (κ3) is 1.27. The molecule has 0 bridgehead atoms. The quantitative estimate of drug-likeness (QED) is 0.502. The first-order valence-corrected chi connectivity index (χ1v) is 5.15. The number of allylic oxidation sites excluding steroid dienone is 1. The Balaban J connectivity index is 2.30. The third-order valence-electron chi connectivity index (χ3n) is 3.46. The van der Waals surface area contributed by atoms with Crippen LogP contribution in [0.1, 0.15) is 13.8 Å². The Morgan fingerprint density at radius 3 is 2.79 bits per heavy atom. The number of carbonyl (C=O) groups is 1. The maximum absolute atomic E-state index is 11.6. The third-order valence-corrected chi connectivity index (χ3v) is 3.46. The van der Waals surface area contributed by atoms with E-state index in [2.05, 4.69) is 0 Å². The fraction of sp³-hybridized carbons (Fsp3) is 0.727. The molecule has 3 heteroatoms. The van der Waals surface area contributed by atoms with Crippen molar-refractivity contribution in [3.8, 4) is 0 Å². The summed E-state index contributed by atoms with van der Waals surface area (Å²) in [6.45, 7) is 4.05. The molecule has 0 saturated carbocycles. The van der Waals surface area contributed by atoms with Gasteiger partial charge in [0.1, 0.15) is 6.10 Å². The molecule has 1 aliphatic carbocycles. The highest BCUT2D eigenvalue weighted by molar-refractivity contribution is 5.76. The highest BCUT2D eigenvalue weighted by Gasteiger charge is 2.49. The van der Waals surface area contributed by atoms with Crippen molar-refractivity contribution in [3.05, 3.63) is 12.2 Å². The standard InChI is InChI=1S/C11H16O3/c1-6-3-4-8(5-12)10-7(2)14-11(13)9(6)10/h3-4,6-10,12H,5H2,1-2H3/t6-,7-,8-,9-,10-/m0/s1. The summed E-state index contributed by atoms with van der Waals surface area (Å²) in [5.74, 6) is 0.329. The highest BCUT2D eigenvalue weighted by atomic mass is 16.6. The number of hydrogen-bond acceptors (Lipinski definition) is 3. The van der Waals surface area contributed by atoms with Crippen molar-refractivity contribution in [2.24, 2.45) is 23.7 Å². The monoisotopic (exact) mass is 196 g/mol. The van der Waals surface area contributed by atoms with Gasteiger partial charge in [0, 0.05) is 18.4 Å². The minimum atomic E-state index is -0.0993. The fourth-order valence-electron chi connectivity index (χ4n) is 2.72. The van der Waals surface area contributed by atoms with Crippen LogP contribution in [0.25, 0.3) is 0 Å². The van der Waals surface area contributed by atoms with Crippen LogP contribution in [0.2, 0.25) is 0 Å². The van der Waals surface area contributed by atoms with Crippen LogP contribution < -0.4 is 0 Å². The van der Waals surface area contributed by atoms with Crippen LogP contribution in [0, 0.1) is 23.7 Å². The lowest BCUT2D eigenvalue weighted by Gasteiger charge is -2.31. The van der Waals surface area contributed by atoms with Gasteiger partial charge in [-0.1, -0.05) is 19.1 Å². The normalized spacial score (nSPS) is 46.2. The number of ether oxygens (including phenoxy) is 1. The number of esters is 1. The van der Waals surface area contributed by atoms with Crippen molar-refractivity contribution in [3.63, 3.8) is 0 Å². The smallest absolute Gasteiger partial charge is 0.310 e. The molecular formula is C11H16O3. The van der Waals surface area contributed by atoms with E-state index < -0.39 is 0 Å². The molecule has 1 N–H and O–H groups in total. The lowest BCUT2D eigenvalue weighted by molar-refractivity contribution is -0.144. The van der Waals surface area contributed by atoms with Gasteiger partial charge in [0.05, 0.1) is 5.92 Å². The van der Waals surface area contributed by atoms with E-state index in [9.17, 15) is 9.90 Å². The number of hydrogen-bond donors (Lipinski definition) is 1. The van der Waals surface area contributed by atoms with Crippen molar-refractivity contribution in [2.45, 2.75) is 20.0 Å². The van der Waals surface area contributed by atoms with Gasteiger partial charge in [-0.2, -0.15) is 0 Å². The molecular weight excluding hydrogens is 180 g/mol. The molecule has 0 radical (unpaired) electrons. The summed E-state index contributed by atoms with van der Waals surface area (Å²) in [7, 11) is 0. The molecule has 5 atom stereocenters. The Labute approximate surface area is 83.8 Å². The number of carbonyl (C=O) groups excluding carboxylic acids is 1. The molecule has 1 fully saturated rings. The lowest BCUT2D eigenvalue weighted by Crippen LogP contribution is -2.34. The molecule has 0 amide bonds. The van der Waals surface area contributed by atoms with Gasteiger partial charge in [-0.3, -0.25) is 4.79 Å². The molecule has 14 heavy (non-hydrogen) atoms. The summed E-state index contributed by atoms with van der Waals surface area (Å²) in [6.07, 6.45) is 3.98. The van der Waals surface area contributed by atoms with Gasteiger partial charge < -0.3 is 9.84 Å². The molecule has 78 valence electrons. The first-order valence-electron chi connectivity index (χ1n) is 5.15. The van der Waals surface area contributed by atoms with Crippen molar-refractivity contribution in [2.75, 3.05) is 6.61 Å². The van der Waals surface area contributed by atoms with E-state index in [1.54, 1.807) is 0 Å². The van der Waals surface area contributed by atoms with Gasteiger partial charge in [0.2, 0.25) is 0 Å². The van der Waals surface area contributed by atoms with Crippen molar-refractivity contribution in [1.29, 1.82) is 0 Å². The van der Waals surface area contributed by atoms with Crippen LogP contribution in [0.3, 0.4) is 0 Å². The van der Waals surface area contributed by atoms with E-state index in [0.717, 1.165) is 0 Å². The van der Waals surface area contributed by atoms with E-state index in [-0.39, 0.29) is 42.4 Å². The zero-order valence-electron chi connectivity index (χ0n) is 8.51. The summed E-state index contributed by atoms with van der Waals surface area (Å²) in [5.41, 5.74) is 0. The predicted molar refractivity (Wildman–Crippen MR) is 51.4 cm³/mol. The number of aliphatic hydroxyl groups is 1. The van der Waals surface area contributed by atoms with Gasteiger partial charge in [0.15, 0.2) is 0 Å². The van der Waals surface area contributed by atoms with Crippen molar-refractivity contribution in [1.82, 2.24) is 0 Å². The molecule has 1 aliphatic heterocycles. The topological polar surface area (TPSA) is 46.5 Å². The molecule has 0 aromatic heterocycles. The van der Waals surface area contributed by atoms with Gasteiger partial charge >= 0.3 is 5.97 Å². The number of fused-ring (bicyclic) bond motifs is 1. The van der Waals surface area contributed by atoms with Crippen LogP contribution in [0.5, 0.6) is 0 Å². The summed E-state index contributed by atoms with van der Waals surface area (Å²) in [6, 6.07) is 0. The van der Waals surface area contributed by atoms with E-state index in [0.29, 0.717) is 0 Å². The van der Waals surface area contributed by atoms with E-state index in [1.165, 1.54) is 0 Å². The molecule has 1 heterocycles. The van der Waals surface area contributed by atoms with Crippen LogP contribution in [0.4, 0.5) is 0 Å². The summed E-state index contributed by atoms with van der Waals surface area (Å²) < 4.78 is 5.22. The van der Waals surface area contributed by atoms with E-state index >= 15 is 0 Å². The largest absolute Gasteiger partial charge is 0.462 e. The van der Waals surface area contributed by atoms with Gasteiger partial charge in [0.25, 0.3) is 0 Å². The molecule has 0 spiro atoms. The lowest BCUT2D eigenvalue weighted by atomic mass is 9.71. The maximum Gasteiger partial charge on any atom is 0.310 e. The Morgan fingerprint density at radius 1 is 1.43 bits per heavy atom. The number of aliphatic hydroxyl groups excluding tert-OH is 1. The summed E-state index contributed by atoms with van der Waals surface area (Å²) in [5, 5.41) is 9.21. The summed E-state index contributed by atoms with van der Waals surface area (Å²) >= 11 is 0. The van der Waals surface area contributed by atoms with Crippen LogP contribution in [-0.4, -0.2) is 23.8 Å². The average Bonchev–Trinajstić information content (AvgIpc) is 2.44. The van der Waals surface area contributed by atoms with Crippen molar-refractivity contribution < 1.29 is 14.6 Å². The molecule has 1 saturated heterocycles. The summed E-state index contributed by atoms with van der Waals surface area (Å²) in [4.78, 5) is 11.6. The van der Waals surface area contributed by atoms with Gasteiger partial charge in [-0.05, 0) is 12.8 Å². The first-order chi connectivity index (χ1) is 6.65. The number of rotatable bonds is 1. The van der Waals surface area contributed by atoms with E-state index in [1.807, 2.05) is 26.0 Å². The molecule has 2 rings (SSSR count). The van der Waals surface area contributed by atoms with Crippen LogP contribution >= 0.6 is 0 Å². The minimum Gasteiger partial charge on any atom is -0.462 e. The predicted octanol–water partition coefficient (Wildman–Crippen LogP) is 0.978. The maximum atomic E-state index is 11.6. The second-order valence-corrected chi connectivity index (χ2v) is 4.34. The second-order valence-electron chi connectivity index (χ2n) is 4.34. The number of cyclic esters (lactones) is 1. The zero-order valence-corrected chi connectivity index (χ0v) is 8.51. The fourth-order valence-corrected chi connectivity index (χ4v) is 2.72. The molecule has 3 nitrogen and oxygen atoms in total. The van der Waals surface area contributed by atoms with Crippen molar-refractivity contribution >= 4 is 5.97 Å². The average molecular weight is 196 g/mol. The molecule has 0 aromatic carbocycles. The van der Waals surface area contributed by atoms with Crippen LogP contribution in [0.15, 0.2) is 12.2 Å². The minimum absolute atomic E-state index is 0.0489. The van der Waals surface area contributed by atoms with E-state index in [4.69, 9.17) is 4.74 Å². The Morgan fingerprint density at radius 2 is 2.14 bits per heavy atom. The van der Waals surface area contributed by atoms with Gasteiger partial charge in [-0.15, -0.1) is 0 Å². The highest BCUT2D eigenvalue weighted by Crippen LogP contribution is 2.42. The Bertz CT molecular complexity index is 272. The van der Waals surface area contributed by atoms with Crippen LogP contribution in [-0.2, 0) is 9.53 Å². The Hall–Kier alpha value is -0.830. The first kappa shape index (κ1) is 9.71. The zero-order chi connectivity index (χ0) is 10.3. The Kier molecular flexibility index (Phi) is 2.35.